The first-order valence-electron chi connectivity index (χ1n) is 15.8. The van der Waals surface area contributed by atoms with E-state index in [4.69, 9.17) is 36.4 Å². The van der Waals surface area contributed by atoms with Gasteiger partial charge in [0.05, 0.1) is 5.69 Å². The van der Waals surface area contributed by atoms with Crippen molar-refractivity contribution in [1.29, 1.82) is 5.41 Å². The van der Waals surface area contributed by atoms with Gasteiger partial charge in [-0.15, -0.1) is 16.3 Å². The number of nitrogens with two attached hydrogens (primary N) is 2. The molecule has 2 saturated heterocycles. The van der Waals surface area contributed by atoms with Gasteiger partial charge in [0.15, 0.2) is 5.84 Å². The van der Waals surface area contributed by atoms with Gasteiger partial charge in [-0.3, -0.25) is 5.41 Å². The van der Waals surface area contributed by atoms with Crippen LogP contribution in [0.2, 0.25) is 0 Å². The smallest absolute Gasteiger partial charge is 0.410 e. The van der Waals surface area contributed by atoms with E-state index in [0.29, 0.717) is 60.4 Å². The molecule has 0 spiro atoms. The van der Waals surface area contributed by atoms with Crippen LogP contribution in [0.3, 0.4) is 0 Å². The maximum atomic E-state index is 12.6. The fourth-order valence-electron chi connectivity index (χ4n) is 6.24. The number of thiophene rings is 1. The van der Waals surface area contributed by atoms with E-state index in [9.17, 15) is 4.79 Å². The number of anilines is 3. The van der Waals surface area contributed by atoms with E-state index < -0.39 is 11.0 Å². The lowest BCUT2D eigenvalue weighted by Gasteiger charge is -2.35. The second-order valence-corrected chi connectivity index (χ2v) is 14.9. The molecule has 5 rings (SSSR count). The number of hydrogen-bond donors (Lipinski definition) is 3. The fraction of sp³-hybridized carbons (Fsp3) is 0.625. The number of amides is 1. The number of amidine groups is 1. The number of nitrogen functional groups attached to an aromatic ring is 2. The van der Waals surface area contributed by atoms with Crippen molar-refractivity contribution in [3.05, 3.63) is 28.3 Å². The second-order valence-electron chi connectivity index (χ2n) is 13.8. The minimum Gasteiger partial charge on any atom is -0.581 e. The summed E-state index contributed by atoms with van der Waals surface area (Å²) in [7, 11) is 2.10. The lowest BCUT2D eigenvalue weighted by Crippen LogP contribution is -2.45. The molecule has 246 valence electrons. The highest BCUT2D eigenvalue weighted by Crippen LogP contribution is 2.52. The van der Waals surface area contributed by atoms with Gasteiger partial charge in [0.25, 0.3) is 0 Å². The van der Waals surface area contributed by atoms with E-state index in [1.807, 2.05) is 33.8 Å². The number of rotatable bonds is 5. The third-order valence-corrected chi connectivity index (χ3v) is 10.3. The maximum Gasteiger partial charge on any atom is 0.410 e. The minimum atomic E-state index is -0.747. The van der Waals surface area contributed by atoms with Crippen LogP contribution in [0.25, 0.3) is 0 Å². The molecule has 1 amide bonds. The second kappa shape index (κ2) is 12.7. The molecule has 0 aromatic carbocycles. The Morgan fingerprint density at radius 2 is 1.80 bits per heavy atom. The molecule has 2 aromatic rings. The van der Waals surface area contributed by atoms with Gasteiger partial charge in [0.2, 0.25) is 0 Å². The summed E-state index contributed by atoms with van der Waals surface area (Å²) in [6.45, 7) is 14.2. The van der Waals surface area contributed by atoms with Crippen LogP contribution in [0.15, 0.2) is 17.1 Å². The van der Waals surface area contributed by atoms with Crippen LogP contribution in [0, 0.1) is 5.41 Å². The number of aromatic nitrogens is 1. The molecule has 0 radical (unpaired) electrons. The van der Waals surface area contributed by atoms with Crippen molar-refractivity contribution in [2.24, 2.45) is 4.99 Å². The molecule has 2 aliphatic heterocycles. The number of ether oxygens (including phenoxy) is 2. The number of nitrogens with zero attached hydrogens (tertiary/aromatic N) is 5. The highest BCUT2D eigenvalue weighted by atomic mass is 32.1. The van der Waals surface area contributed by atoms with Gasteiger partial charge >= 0.3 is 12.0 Å². The summed E-state index contributed by atoms with van der Waals surface area (Å²) >= 11 is 1.49. The molecule has 1 aliphatic carbocycles. The van der Waals surface area contributed by atoms with E-state index in [-0.39, 0.29) is 23.9 Å². The molecular weight excluding hydrogens is 592 g/mol. The Morgan fingerprint density at radius 1 is 1.13 bits per heavy atom. The summed E-state index contributed by atoms with van der Waals surface area (Å²) in [4.78, 5) is 29.2. The first-order valence-corrected chi connectivity index (χ1v) is 16.6. The van der Waals surface area contributed by atoms with E-state index in [0.717, 1.165) is 48.9 Å². The summed E-state index contributed by atoms with van der Waals surface area (Å²) in [5.74, 6) is 1.62. The molecule has 4 heterocycles. The predicted octanol–water partition coefficient (Wildman–Crippen LogP) is 4.14. The summed E-state index contributed by atoms with van der Waals surface area (Å²) in [6, 6.07) is 3.67. The first-order chi connectivity index (χ1) is 21.1. The normalized spacial score (nSPS) is 23.5. The number of piperazine rings is 1. The highest BCUT2D eigenvalue weighted by molar-refractivity contribution is 7.17. The van der Waals surface area contributed by atoms with Crippen LogP contribution in [0.1, 0.15) is 82.4 Å². The van der Waals surface area contributed by atoms with Crippen LogP contribution in [0.5, 0.6) is 5.75 Å². The summed E-state index contributed by atoms with van der Waals surface area (Å²) in [6.07, 6.45) is 2.51. The third-order valence-electron chi connectivity index (χ3n) is 9.08. The summed E-state index contributed by atoms with van der Waals surface area (Å²) in [5, 5.41) is 18.6. The number of pyridine rings is 1. The van der Waals surface area contributed by atoms with E-state index in [2.05, 4.69) is 28.8 Å². The van der Waals surface area contributed by atoms with Crippen LogP contribution >= 0.6 is 11.3 Å². The zero-order valence-electron chi connectivity index (χ0n) is 27.4. The van der Waals surface area contributed by atoms with Crippen molar-refractivity contribution in [2.45, 2.75) is 83.3 Å². The predicted molar refractivity (Wildman–Crippen MR) is 181 cm³/mol. The van der Waals surface area contributed by atoms with Crippen molar-refractivity contribution >= 4 is 45.7 Å². The first kappa shape index (κ1) is 32.8. The van der Waals surface area contributed by atoms with Gasteiger partial charge in [-0.05, 0) is 53.5 Å². The Hall–Kier alpha value is -3.58. The number of aliphatic imine (C=N–C) groups is 1. The average Bonchev–Trinajstić information content (AvgIpc) is 3.29. The van der Waals surface area contributed by atoms with Crippen molar-refractivity contribution in [1.82, 2.24) is 14.8 Å². The van der Waals surface area contributed by atoms with Crippen LogP contribution in [0.4, 0.5) is 21.3 Å². The maximum absolute atomic E-state index is 12.6. The van der Waals surface area contributed by atoms with Gasteiger partial charge in [0.1, 0.15) is 39.4 Å². The number of likely N-dealkylation sites (tertiary alicyclic amines) is 1. The van der Waals surface area contributed by atoms with Gasteiger partial charge in [-0.1, -0.05) is 6.92 Å². The van der Waals surface area contributed by atoms with E-state index in [1.54, 1.807) is 11.0 Å². The number of carbonyl (C=O) groups excluding carboxylic acids is 1. The van der Waals surface area contributed by atoms with Gasteiger partial charge in [0, 0.05) is 74.7 Å². The number of nitrogens with one attached hydrogen (secondary N) is 1. The zero-order chi connectivity index (χ0) is 32.7. The van der Waals surface area contributed by atoms with Gasteiger partial charge < -0.3 is 40.7 Å². The average molecular weight is 642 g/mol. The molecule has 3 aliphatic rings. The minimum absolute atomic E-state index is 0.0777. The third kappa shape index (κ3) is 7.14. The van der Waals surface area contributed by atoms with Crippen LogP contribution < -0.4 is 21.1 Å². The monoisotopic (exact) mass is 641 g/mol. The van der Waals surface area contributed by atoms with Crippen molar-refractivity contribution in [3.63, 3.8) is 0 Å². The largest absolute Gasteiger partial charge is 0.581 e. The number of hydrogen-bond acceptors (Lipinski definition) is 10. The number of piperidine rings is 1. The molecule has 45 heavy (non-hydrogen) atoms. The van der Waals surface area contributed by atoms with Gasteiger partial charge in [-0.2, -0.15) is 0 Å². The summed E-state index contributed by atoms with van der Waals surface area (Å²) < 4.78 is 12.0. The Morgan fingerprint density at radius 3 is 2.44 bits per heavy atom. The molecule has 2 fully saturated rings. The summed E-state index contributed by atoms with van der Waals surface area (Å²) in [5.41, 5.74) is 13.1. The lowest BCUT2D eigenvalue weighted by molar-refractivity contribution is 0.0126. The molecular formula is C32H49N8O4S+. The highest BCUT2D eigenvalue weighted by Gasteiger charge is 2.46. The van der Waals surface area contributed by atoms with Crippen LogP contribution in [-0.2, 0) is 10.2 Å². The molecule has 2 aromatic heterocycles. The fourth-order valence-corrected chi connectivity index (χ4v) is 7.45. The van der Waals surface area contributed by atoms with E-state index >= 15 is 0 Å². The van der Waals surface area contributed by atoms with E-state index in [1.165, 1.54) is 11.3 Å². The molecule has 0 saturated carbocycles. The zero-order valence-corrected chi connectivity index (χ0v) is 28.2. The van der Waals surface area contributed by atoms with Gasteiger partial charge in [-0.25, -0.2) is 9.78 Å². The molecule has 7 N–H and O–H groups in total. The van der Waals surface area contributed by atoms with Crippen LogP contribution in [-0.4, -0.2) is 95.7 Å². The Kier molecular flexibility index (Phi) is 9.23. The Labute approximate surface area is 269 Å². The molecule has 13 heteroatoms. The molecule has 0 bridgehead atoms. The van der Waals surface area contributed by atoms with Crippen molar-refractivity contribution in [2.75, 3.05) is 62.7 Å². The Balaban J connectivity index is 1.38. The SMILES string of the molecule is CC1CCC(C)(C([OH2+])=NC(=N)c2cc(OC3CCN(C(=O)OC(C)(C)C)CC3)cc(N3CCN(C)CC3)n2)c2c1sc(N)c2N. The molecule has 12 nitrogen and oxygen atoms in total. The molecule has 2 unspecified atom stereocenters. The molecule has 2 atom stereocenters. The topological polar surface area (TPSA) is 169 Å². The lowest BCUT2D eigenvalue weighted by atomic mass is 9.70. The Bertz CT molecular complexity index is 1450. The standard InChI is InChI=1S/C32H48N8O4S/c1-19-7-10-32(5,24-25(33)28(35)45-26(19)24)29(41)37-27(34)22-17-21(18-23(36-22)39-15-13-38(6)14-16-39)43-20-8-11-40(12-9-20)30(42)44-31(2,3)4/h17-20H,7-16,33,35H2,1-6H3,(H2,34,37,41)/p+1. The van der Waals surface area contributed by atoms with Crippen molar-refractivity contribution < 1.29 is 19.4 Å². The quantitative estimate of drug-likeness (QED) is 0.249. The number of fused-ring (bicyclic) bond motifs is 1. The number of likely N-dealkylation sites (N-methyl/N-ethyl adjacent to an activating group) is 1. The van der Waals surface area contributed by atoms with Crippen molar-refractivity contribution in [3.8, 4) is 5.75 Å². The number of carbonyl (C=O) groups is 1.